The molecule has 40 nitrogen and oxygen atoms in total. The van der Waals surface area contributed by atoms with Gasteiger partial charge in [0, 0.05) is 19.3 Å². The molecule has 478 valence electrons. The lowest BCUT2D eigenvalue weighted by Gasteiger charge is -2.53. The molecule has 6 rings (SSSR count). The molecule has 6 aliphatic rings. The summed E-state index contributed by atoms with van der Waals surface area (Å²) in [5.41, 5.74) is 17.7. The van der Waals surface area contributed by atoms with Crippen LogP contribution in [0.5, 0.6) is 0 Å². The highest BCUT2D eigenvalue weighted by atomic mass is 31.2. The van der Waals surface area contributed by atoms with Gasteiger partial charge in [-0.2, -0.15) is 0 Å². The number of carbonyl (C=O) groups is 4. The van der Waals surface area contributed by atoms with Gasteiger partial charge in [0.25, 0.3) is 17.4 Å². The Kier molecular flexibility index (Phi) is 22.5. The Bertz CT molecular complexity index is 2330. The summed E-state index contributed by atoms with van der Waals surface area (Å²) in [5.74, 6) is -20.6. The highest BCUT2D eigenvalue weighted by Gasteiger charge is 2.66. The molecule has 41 heteroatoms. The van der Waals surface area contributed by atoms with Gasteiger partial charge in [0.15, 0.2) is 12.6 Å². The van der Waals surface area contributed by atoms with Crippen molar-refractivity contribution >= 4 is 31.7 Å². The van der Waals surface area contributed by atoms with E-state index in [0.717, 1.165) is 0 Å². The molecule has 0 aromatic carbocycles. The van der Waals surface area contributed by atoms with Crippen LogP contribution in [-0.4, -0.2) is 329 Å². The lowest BCUT2D eigenvalue weighted by molar-refractivity contribution is -0.408. The van der Waals surface area contributed by atoms with E-state index in [1.807, 2.05) is 0 Å². The molecule has 83 heavy (non-hydrogen) atoms. The van der Waals surface area contributed by atoms with E-state index >= 15 is 0 Å². The number of nitrogens with two attached hydrogens (primary N) is 3. The molecule has 26 N–H and O–H groups in total. The second-order valence-electron chi connectivity index (χ2n) is 20.1. The van der Waals surface area contributed by atoms with Crippen LogP contribution < -0.4 is 17.2 Å². The molecule has 0 aromatic heterocycles. The molecule has 0 aliphatic carbocycles. The third kappa shape index (κ3) is 14.7. The van der Waals surface area contributed by atoms with E-state index in [-0.39, 0.29) is 0 Å². The molecule has 28 atom stereocenters. The van der Waals surface area contributed by atoms with Gasteiger partial charge in [-0.15, -0.1) is 0 Å². The number of ether oxygens (including phenoxy) is 11. The molecule has 5 saturated heterocycles. The average molecular weight is 1240 g/mol. The Morgan fingerprint density at radius 1 is 0.602 bits per heavy atom. The van der Waals surface area contributed by atoms with Crippen molar-refractivity contribution in [2.75, 3.05) is 33.0 Å². The van der Waals surface area contributed by atoms with Gasteiger partial charge in [0.2, 0.25) is 12.0 Å². The van der Waals surface area contributed by atoms with Crippen LogP contribution in [0.15, 0.2) is 11.8 Å². The molecule has 0 amide bonds. The molecule has 0 saturated carbocycles. The smallest absolute Gasteiger partial charge is 0.470 e. The Hall–Kier alpha value is -3.55. The minimum Gasteiger partial charge on any atom is -0.477 e. The maximum absolute atomic E-state index is 13.8. The van der Waals surface area contributed by atoms with Crippen molar-refractivity contribution in [3.05, 3.63) is 11.8 Å². The molecule has 0 bridgehead atoms. The topological polar surface area (TPSA) is 679 Å². The molecule has 0 aromatic rings. The summed E-state index contributed by atoms with van der Waals surface area (Å²) < 4.78 is 78.9. The zero-order chi connectivity index (χ0) is 62.2. The van der Waals surface area contributed by atoms with Gasteiger partial charge in [-0.3, -0.25) is 4.52 Å². The number of carboxylic acids is 4. The van der Waals surface area contributed by atoms with E-state index in [1.54, 1.807) is 0 Å². The summed E-state index contributed by atoms with van der Waals surface area (Å²) in [6, 6.07) is -5.18. The number of aliphatic hydroxyl groups is 14. The monoisotopic (exact) mass is 1240 g/mol. The number of carboxylic acid groups (broad SMARTS) is 4. The average Bonchev–Trinajstić information content (AvgIpc) is 3.62. The Labute approximate surface area is 464 Å². The largest absolute Gasteiger partial charge is 0.477 e. The van der Waals surface area contributed by atoms with Crippen LogP contribution in [0.25, 0.3) is 0 Å². The van der Waals surface area contributed by atoms with E-state index in [2.05, 4.69) is 0 Å². The number of phosphoric acid groups is 1. The van der Waals surface area contributed by atoms with Crippen molar-refractivity contribution in [1.29, 1.82) is 0 Å². The predicted octanol–water partition coefficient (Wildman–Crippen LogP) is -13.3. The number of hydrogen-bond acceptors (Lipinski definition) is 34. The zero-order valence-electron chi connectivity index (χ0n) is 42.7. The van der Waals surface area contributed by atoms with Crippen molar-refractivity contribution in [1.82, 2.24) is 0 Å². The SMILES string of the molecule is N[C@@H]1[C@@H](O)[C@H](O)[C@@H](CO[C@@H]2O[C@H](CO[C@]3(C(=O)O)C[C@@H](O[C@]4(C(=O)O)C[C@@H](O)[C@@H](O)[C@@H]([C@H](O)CO)O4)[C@@H](O[C@]4(C(=O)O)C[C@@H](O[C@H]5OC(C(=O)O)=C[C@H](O)[C@H]5N)[C@@H](O)[C@@H]([C@H](O)CO)O4)[C@@H]([C@H](O)CO)O3)[C@@H](OP(=O)(O)O)[C@H](O)[C@H]2N)O[C@@H]1O. The fraction of sp³-hybridized carbons (Fsp3) is 0.857. The molecule has 6 heterocycles. The first kappa shape index (κ1) is 68.6. The van der Waals surface area contributed by atoms with Gasteiger partial charge in [0.05, 0.1) is 75.6 Å². The van der Waals surface area contributed by atoms with Crippen LogP contribution in [0.3, 0.4) is 0 Å². The quantitative estimate of drug-likeness (QED) is 0.0399. The summed E-state index contributed by atoms with van der Waals surface area (Å²) in [5, 5.41) is 192. The van der Waals surface area contributed by atoms with Crippen molar-refractivity contribution in [2.45, 2.75) is 190 Å². The van der Waals surface area contributed by atoms with E-state index in [1.165, 1.54) is 0 Å². The molecular weight excluding hydrogens is 1170 g/mol. The minimum absolute atomic E-state index is 0.638. The van der Waals surface area contributed by atoms with Gasteiger partial charge in [-0.05, 0) is 6.08 Å². The lowest BCUT2D eigenvalue weighted by Crippen LogP contribution is -2.71. The predicted molar refractivity (Wildman–Crippen MR) is 248 cm³/mol. The number of aliphatic hydroxyl groups excluding tert-OH is 14. The Morgan fingerprint density at radius 2 is 1.13 bits per heavy atom. The maximum Gasteiger partial charge on any atom is 0.470 e. The highest BCUT2D eigenvalue weighted by Crippen LogP contribution is 2.46. The van der Waals surface area contributed by atoms with Gasteiger partial charge in [-0.25, -0.2) is 23.7 Å². The first-order valence-corrected chi connectivity index (χ1v) is 26.4. The number of hydrogen-bond donors (Lipinski definition) is 23. The van der Waals surface area contributed by atoms with Crippen molar-refractivity contribution in [2.24, 2.45) is 17.2 Å². The lowest BCUT2D eigenvalue weighted by atomic mass is 9.88. The molecule has 5 fully saturated rings. The minimum atomic E-state index is -5.76. The Morgan fingerprint density at radius 3 is 1.67 bits per heavy atom. The summed E-state index contributed by atoms with van der Waals surface area (Å²) >= 11 is 0. The van der Waals surface area contributed by atoms with Crippen LogP contribution >= 0.6 is 7.82 Å². The summed E-state index contributed by atoms with van der Waals surface area (Å²) in [4.78, 5) is 72.5. The van der Waals surface area contributed by atoms with Crippen molar-refractivity contribution < 1.29 is 182 Å². The van der Waals surface area contributed by atoms with Crippen molar-refractivity contribution in [3.8, 4) is 0 Å². The van der Waals surface area contributed by atoms with Gasteiger partial charge >= 0.3 is 31.7 Å². The van der Waals surface area contributed by atoms with E-state index < -0.39 is 260 Å². The second-order valence-corrected chi connectivity index (χ2v) is 21.3. The number of rotatable bonds is 24. The van der Waals surface area contributed by atoms with Crippen molar-refractivity contribution in [3.63, 3.8) is 0 Å². The first-order valence-electron chi connectivity index (χ1n) is 24.9. The van der Waals surface area contributed by atoms with Crippen LogP contribution in [0.4, 0.5) is 0 Å². The third-order valence-corrected chi connectivity index (χ3v) is 14.8. The highest BCUT2D eigenvalue weighted by molar-refractivity contribution is 7.46. The molecule has 6 aliphatic heterocycles. The van der Waals surface area contributed by atoms with E-state index in [4.69, 9.17) is 73.8 Å². The summed E-state index contributed by atoms with van der Waals surface area (Å²) in [6.45, 7) is -6.64. The number of aliphatic carboxylic acids is 4. The Balaban J connectivity index is 1.46. The normalized spacial score (nSPS) is 44.6. The van der Waals surface area contributed by atoms with E-state index in [9.17, 15) is 125 Å². The fourth-order valence-corrected chi connectivity index (χ4v) is 10.4. The fourth-order valence-electron chi connectivity index (χ4n) is 9.81. The third-order valence-electron chi connectivity index (χ3n) is 14.3. The molecule has 0 radical (unpaired) electrons. The van der Waals surface area contributed by atoms with Crippen LogP contribution in [0.1, 0.15) is 19.3 Å². The van der Waals surface area contributed by atoms with E-state index in [0.29, 0.717) is 6.08 Å². The standard InChI is InChI=1S/C42H68N3O37P/c43-20-10(49)1-15(33(59)60)74-36(20)75-16-3-42(39(66)67,79-29(25(16)56)13(52)6-47)81-32-17(77-41(38(64)65)2-11(50)23(54)28(78-41)12(51)5-46)4-40(37(62)63,80-30(32)14(53)7-48)72-9-19-31(82-83(68,69)70)27(58)22(45)35(76-19)71-8-18-24(55)26(57)21(44)34(61)73-18/h1,10-14,16-32,34-36,46-58,61H,2-9,43-45H2,(H,59,60)(H,62,63)(H,64,65)(H,66,67)(H2,68,69,70)/t10-,11+,12+,13+,14+,16+,17+,18+,19+,20+,21+,22+,23+,24+,25+,26+,27+,28+,29+,30+,31+,32+,34-,35+,36+,40+,41+,42-/m0/s1. The van der Waals surface area contributed by atoms with Crippen LogP contribution in [-0.2, 0) is 80.4 Å². The second kappa shape index (κ2) is 27.2. The van der Waals surface area contributed by atoms with Gasteiger partial charge < -0.3 is 171 Å². The molecule has 0 spiro atoms. The first-order chi connectivity index (χ1) is 38.6. The maximum atomic E-state index is 13.8. The summed E-state index contributed by atoms with van der Waals surface area (Å²) in [7, 11) is -5.76. The molecular formula is C42H68N3O37P. The molecule has 0 unspecified atom stereocenters. The van der Waals surface area contributed by atoms with Crippen LogP contribution in [0, 0.1) is 0 Å². The van der Waals surface area contributed by atoms with Gasteiger partial charge in [0.1, 0.15) is 91.6 Å². The van der Waals surface area contributed by atoms with Gasteiger partial charge in [-0.1, -0.05) is 0 Å². The summed E-state index contributed by atoms with van der Waals surface area (Å²) in [6.07, 6.45) is -53.5. The zero-order valence-corrected chi connectivity index (χ0v) is 43.6. The number of phosphoric ester groups is 1. The van der Waals surface area contributed by atoms with Crippen LogP contribution in [0.2, 0.25) is 0 Å².